The Morgan fingerprint density at radius 3 is 2.58 bits per heavy atom. The number of nitrogens with zero attached hydrogens (tertiary/aromatic N) is 7. The van der Waals surface area contributed by atoms with Crippen LogP contribution in [0.5, 0.6) is 0 Å². The van der Waals surface area contributed by atoms with E-state index in [1.165, 1.54) is 23.7 Å². The quantitative estimate of drug-likeness (QED) is 0.374. The number of hydrogen-bond donors (Lipinski definition) is 3. The SMILES string of the molecule is CNC(=O)c1nnc(NC(=O)C2CC2)cc1Nc1nc2ccc(N3CC(N(C)S(C)(=O)=O)C3)cn2n1. The number of fused-ring (bicyclic) bond motifs is 1. The maximum Gasteiger partial charge on any atom is 0.273 e. The van der Waals surface area contributed by atoms with Crippen LogP contribution in [0.25, 0.3) is 5.65 Å². The smallest absolute Gasteiger partial charge is 0.273 e. The van der Waals surface area contributed by atoms with Crippen molar-refractivity contribution in [3.63, 3.8) is 0 Å². The largest absolute Gasteiger partial charge is 0.367 e. The maximum absolute atomic E-state index is 12.3. The number of carbonyl (C=O) groups is 2. The fraction of sp³-hybridized carbons (Fsp3) is 0.429. The molecule has 0 radical (unpaired) electrons. The van der Waals surface area contributed by atoms with Crippen LogP contribution in [0.15, 0.2) is 24.4 Å². The highest BCUT2D eigenvalue weighted by Gasteiger charge is 2.34. The molecule has 0 spiro atoms. The summed E-state index contributed by atoms with van der Waals surface area (Å²) in [5.41, 5.74) is 1.76. The number of aromatic nitrogens is 5. The molecule has 1 saturated heterocycles. The van der Waals surface area contributed by atoms with E-state index in [4.69, 9.17) is 0 Å². The highest BCUT2D eigenvalue weighted by Crippen LogP contribution is 2.30. The summed E-state index contributed by atoms with van der Waals surface area (Å²) in [4.78, 5) is 30.9. The second kappa shape index (κ2) is 8.98. The molecule has 36 heavy (non-hydrogen) atoms. The maximum atomic E-state index is 12.3. The molecule has 14 nitrogen and oxygen atoms in total. The molecular weight excluding hydrogens is 488 g/mol. The Hall–Kier alpha value is -3.85. The van der Waals surface area contributed by atoms with Crippen LogP contribution in [-0.4, -0.2) is 88.8 Å². The third-order valence-corrected chi connectivity index (χ3v) is 7.61. The summed E-state index contributed by atoms with van der Waals surface area (Å²) < 4.78 is 26.5. The molecule has 0 aromatic carbocycles. The standard InChI is InChI=1S/C21H26N10O4S/c1-22-20(33)18-15(8-16(26-27-18)24-19(32)12-4-5-12)23-21-25-17-7-6-13(11-31(17)28-21)30-9-14(10-30)29(2)36(3,34)35/h6-8,11-12,14H,4-5,9-10H2,1-3H3,(H,22,33)(H2,23,24,26,28,32). The molecule has 3 aromatic rings. The van der Waals surface area contributed by atoms with Crippen molar-refractivity contribution in [1.29, 1.82) is 0 Å². The highest BCUT2D eigenvalue weighted by atomic mass is 32.2. The Morgan fingerprint density at radius 2 is 1.92 bits per heavy atom. The van der Waals surface area contributed by atoms with Crippen LogP contribution in [0.4, 0.5) is 23.1 Å². The number of likely N-dealkylation sites (N-methyl/N-ethyl adjacent to an activating group) is 1. The van der Waals surface area contributed by atoms with E-state index in [9.17, 15) is 18.0 Å². The number of amides is 2. The zero-order valence-corrected chi connectivity index (χ0v) is 20.8. The van der Waals surface area contributed by atoms with Crippen molar-refractivity contribution >= 4 is 50.6 Å². The van der Waals surface area contributed by atoms with Crippen LogP contribution in [-0.2, 0) is 14.8 Å². The lowest BCUT2D eigenvalue weighted by atomic mass is 10.1. The van der Waals surface area contributed by atoms with Gasteiger partial charge in [0.05, 0.1) is 29.9 Å². The molecule has 0 unspecified atom stereocenters. The van der Waals surface area contributed by atoms with Gasteiger partial charge in [-0.1, -0.05) is 0 Å². The molecule has 2 amide bonds. The van der Waals surface area contributed by atoms with Crippen molar-refractivity contribution < 1.29 is 18.0 Å². The summed E-state index contributed by atoms with van der Waals surface area (Å²) >= 11 is 0. The van der Waals surface area contributed by atoms with Gasteiger partial charge in [0, 0.05) is 39.2 Å². The van der Waals surface area contributed by atoms with E-state index < -0.39 is 15.9 Å². The molecule has 4 heterocycles. The van der Waals surface area contributed by atoms with Gasteiger partial charge in [0.25, 0.3) is 5.91 Å². The van der Waals surface area contributed by atoms with Gasteiger partial charge in [0.2, 0.25) is 21.9 Å². The molecule has 1 saturated carbocycles. The third-order valence-electron chi connectivity index (χ3n) is 6.26. The number of pyridine rings is 1. The first-order valence-electron chi connectivity index (χ1n) is 11.3. The van der Waals surface area contributed by atoms with E-state index in [0.717, 1.165) is 18.5 Å². The van der Waals surface area contributed by atoms with Gasteiger partial charge in [-0.3, -0.25) is 9.59 Å². The van der Waals surface area contributed by atoms with Crippen LogP contribution in [0, 0.1) is 5.92 Å². The normalized spacial score (nSPS) is 16.2. The van der Waals surface area contributed by atoms with Crippen molar-refractivity contribution in [2.24, 2.45) is 5.92 Å². The zero-order valence-electron chi connectivity index (χ0n) is 20.0. The number of sulfonamides is 1. The summed E-state index contributed by atoms with van der Waals surface area (Å²) in [6.07, 6.45) is 4.69. The van der Waals surface area contributed by atoms with E-state index in [-0.39, 0.29) is 35.3 Å². The monoisotopic (exact) mass is 514 g/mol. The van der Waals surface area contributed by atoms with Crippen molar-refractivity contribution in [3.8, 4) is 0 Å². The predicted molar refractivity (Wildman–Crippen MR) is 132 cm³/mol. The van der Waals surface area contributed by atoms with E-state index in [2.05, 4.69) is 36.2 Å². The van der Waals surface area contributed by atoms with Crippen LogP contribution in [0.3, 0.4) is 0 Å². The summed E-state index contributed by atoms with van der Waals surface area (Å²) in [6, 6.07) is 5.13. The Morgan fingerprint density at radius 1 is 1.17 bits per heavy atom. The third kappa shape index (κ3) is 4.79. The van der Waals surface area contributed by atoms with Crippen LogP contribution >= 0.6 is 0 Å². The molecule has 2 aliphatic rings. The van der Waals surface area contributed by atoms with Crippen molar-refractivity contribution in [2.45, 2.75) is 18.9 Å². The number of anilines is 4. The minimum atomic E-state index is -3.24. The number of hydrogen-bond acceptors (Lipinski definition) is 10. The van der Waals surface area contributed by atoms with Gasteiger partial charge in [-0.15, -0.1) is 15.3 Å². The summed E-state index contributed by atoms with van der Waals surface area (Å²) in [5.74, 6) is -0.146. The van der Waals surface area contributed by atoms with Crippen molar-refractivity contribution in [1.82, 2.24) is 34.4 Å². The topological polar surface area (TPSA) is 167 Å². The summed E-state index contributed by atoms with van der Waals surface area (Å²) in [5, 5.41) is 20.6. The summed E-state index contributed by atoms with van der Waals surface area (Å²) in [7, 11) is -0.178. The Balaban J connectivity index is 1.35. The van der Waals surface area contributed by atoms with Gasteiger partial charge < -0.3 is 20.9 Å². The predicted octanol–water partition coefficient (Wildman–Crippen LogP) is 0.0510. The average Bonchev–Trinajstić information content (AvgIpc) is 3.58. The van der Waals surface area contributed by atoms with Gasteiger partial charge in [0.1, 0.15) is 0 Å². The van der Waals surface area contributed by atoms with Crippen molar-refractivity contribution in [2.75, 3.05) is 49.0 Å². The Bertz CT molecular complexity index is 1450. The lowest BCUT2D eigenvalue weighted by Gasteiger charge is -2.44. The molecule has 5 rings (SSSR count). The van der Waals surface area contributed by atoms with Gasteiger partial charge in [-0.05, 0) is 25.0 Å². The molecule has 1 aliphatic carbocycles. The molecule has 15 heteroatoms. The lowest BCUT2D eigenvalue weighted by Crippen LogP contribution is -2.59. The molecule has 1 aliphatic heterocycles. The van der Waals surface area contributed by atoms with Gasteiger partial charge in [-0.25, -0.2) is 12.9 Å². The first-order chi connectivity index (χ1) is 17.1. The minimum Gasteiger partial charge on any atom is -0.367 e. The number of carbonyl (C=O) groups excluding carboxylic acids is 2. The average molecular weight is 515 g/mol. The molecule has 190 valence electrons. The fourth-order valence-electron chi connectivity index (χ4n) is 3.81. The first-order valence-corrected chi connectivity index (χ1v) is 13.2. The van der Waals surface area contributed by atoms with E-state index in [1.54, 1.807) is 23.8 Å². The van der Waals surface area contributed by atoms with E-state index in [1.807, 2.05) is 11.0 Å². The molecule has 3 aromatic heterocycles. The Kier molecular flexibility index (Phi) is 5.96. The Labute approximate surface area is 207 Å². The second-order valence-corrected chi connectivity index (χ2v) is 11.0. The van der Waals surface area contributed by atoms with Crippen LogP contribution in [0.1, 0.15) is 23.3 Å². The first kappa shape index (κ1) is 23.9. The van der Waals surface area contributed by atoms with Crippen LogP contribution in [0.2, 0.25) is 0 Å². The van der Waals surface area contributed by atoms with E-state index >= 15 is 0 Å². The minimum absolute atomic E-state index is 0.00964. The zero-order chi connectivity index (χ0) is 25.6. The number of rotatable bonds is 8. The van der Waals surface area contributed by atoms with E-state index in [0.29, 0.717) is 24.4 Å². The molecule has 3 N–H and O–H groups in total. The fourth-order valence-corrected chi connectivity index (χ4v) is 4.48. The number of nitrogens with one attached hydrogen (secondary N) is 3. The van der Waals surface area contributed by atoms with Gasteiger partial charge in [-0.2, -0.15) is 9.29 Å². The molecule has 2 fully saturated rings. The second-order valence-electron chi connectivity index (χ2n) is 8.92. The summed E-state index contributed by atoms with van der Waals surface area (Å²) in [6.45, 7) is 1.14. The van der Waals surface area contributed by atoms with Crippen LogP contribution < -0.4 is 20.9 Å². The molecule has 0 atom stereocenters. The molecule has 0 bridgehead atoms. The van der Waals surface area contributed by atoms with Gasteiger partial charge >= 0.3 is 0 Å². The lowest BCUT2D eigenvalue weighted by molar-refractivity contribution is -0.117. The van der Waals surface area contributed by atoms with Gasteiger partial charge in [0.15, 0.2) is 17.2 Å². The van der Waals surface area contributed by atoms with Crippen molar-refractivity contribution in [3.05, 3.63) is 30.1 Å². The molecular formula is C21H26N10O4S. The highest BCUT2D eigenvalue weighted by molar-refractivity contribution is 7.88.